The van der Waals surface area contributed by atoms with Crippen LogP contribution in [0.5, 0.6) is 0 Å². The highest BCUT2D eigenvalue weighted by Crippen LogP contribution is 2.36. The number of amidine groups is 1. The van der Waals surface area contributed by atoms with Crippen molar-refractivity contribution in [2.24, 2.45) is 28.3 Å². The van der Waals surface area contributed by atoms with Crippen LogP contribution in [0.15, 0.2) is 29.3 Å². The van der Waals surface area contributed by atoms with Crippen LogP contribution < -0.4 is 22.1 Å². The summed E-state index contributed by atoms with van der Waals surface area (Å²) in [5, 5.41) is 6.92. The number of anilines is 1. The van der Waals surface area contributed by atoms with E-state index < -0.39 is 5.79 Å². The van der Waals surface area contributed by atoms with E-state index in [1.165, 1.54) is 0 Å². The Bertz CT molecular complexity index is 533. The molecule has 1 aliphatic heterocycles. The van der Waals surface area contributed by atoms with Crippen LogP contribution in [0.1, 0.15) is 31.2 Å². The van der Waals surface area contributed by atoms with Gasteiger partial charge in [-0.1, -0.05) is 12.1 Å². The lowest BCUT2D eigenvalue weighted by Crippen LogP contribution is -2.68. The average Bonchev–Trinajstić information content (AvgIpc) is 2.54. The van der Waals surface area contributed by atoms with Crippen molar-refractivity contribution in [1.82, 2.24) is 5.32 Å². The van der Waals surface area contributed by atoms with E-state index in [0.29, 0.717) is 11.8 Å². The van der Waals surface area contributed by atoms with Crippen molar-refractivity contribution < 1.29 is 0 Å². The summed E-state index contributed by atoms with van der Waals surface area (Å²) in [6.45, 7) is 0.787. The predicted molar refractivity (Wildman–Crippen MR) is 87.1 cm³/mol. The molecule has 1 saturated carbocycles. The fourth-order valence-electron chi connectivity index (χ4n) is 3.55. The Hall–Kier alpha value is -1.59. The number of aliphatic imine (C=N–C) groups is 1. The molecule has 5 heteroatoms. The second-order valence-corrected chi connectivity index (χ2v) is 6.19. The fourth-order valence-corrected chi connectivity index (χ4v) is 3.55. The van der Waals surface area contributed by atoms with Gasteiger partial charge < -0.3 is 16.4 Å². The Morgan fingerprint density at radius 1 is 1.19 bits per heavy atom. The minimum atomic E-state index is -0.622. The van der Waals surface area contributed by atoms with Crippen LogP contribution in [0, 0.1) is 11.8 Å². The SMILES string of the molecule is CN=C1NC(N)(C2CCC(CN)CC2)Nc2ccccc21. The Morgan fingerprint density at radius 2 is 1.90 bits per heavy atom. The third kappa shape index (κ3) is 2.63. The maximum absolute atomic E-state index is 6.67. The highest BCUT2D eigenvalue weighted by molar-refractivity contribution is 6.05. The monoisotopic (exact) mass is 287 g/mol. The maximum Gasteiger partial charge on any atom is 0.165 e. The molecule has 0 spiro atoms. The van der Waals surface area contributed by atoms with Crippen LogP contribution in [0.25, 0.3) is 0 Å². The first-order chi connectivity index (χ1) is 10.2. The molecule has 6 N–H and O–H groups in total. The minimum absolute atomic E-state index is 0.380. The Balaban J connectivity index is 1.83. The van der Waals surface area contributed by atoms with Crippen molar-refractivity contribution in [3.8, 4) is 0 Å². The van der Waals surface area contributed by atoms with Crippen LogP contribution in [-0.4, -0.2) is 25.2 Å². The molecule has 1 fully saturated rings. The molecule has 0 saturated heterocycles. The van der Waals surface area contributed by atoms with Gasteiger partial charge in [-0.05, 0) is 50.3 Å². The van der Waals surface area contributed by atoms with Gasteiger partial charge in [0.1, 0.15) is 5.84 Å². The van der Waals surface area contributed by atoms with Crippen molar-refractivity contribution in [3.63, 3.8) is 0 Å². The summed E-state index contributed by atoms with van der Waals surface area (Å²) in [5.74, 6) is 1.28. The topological polar surface area (TPSA) is 88.5 Å². The molecule has 1 heterocycles. The van der Waals surface area contributed by atoms with Gasteiger partial charge in [0.15, 0.2) is 5.79 Å². The van der Waals surface area contributed by atoms with E-state index >= 15 is 0 Å². The second-order valence-electron chi connectivity index (χ2n) is 6.19. The zero-order valence-electron chi connectivity index (χ0n) is 12.6. The number of hydrogen-bond donors (Lipinski definition) is 4. The molecule has 2 aliphatic rings. The van der Waals surface area contributed by atoms with Gasteiger partial charge >= 0.3 is 0 Å². The van der Waals surface area contributed by atoms with Crippen LogP contribution in [0.2, 0.25) is 0 Å². The molecule has 0 aromatic heterocycles. The predicted octanol–water partition coefficient (Wildman–Crippen LogP) is 1.46. The molecule has 0 amide bonds. The summed E-state index contributed by atoms with van der Waals surface area (Å²) in [7, 11) is 1.80. The molecule has 21 heavy (non-hydrogen) atoms. The second kappa shape index (κ2) is 5.66. The number of nitrogens with zero attached hydrogens (tertiary/aromatic N) is 1. The molecule has 1 aliphatic carbocycles. The molecule has 0 bridgehead atoms. The van der Waals surface area contributed by atoms with Gasteiger partial charge in [-0.3, -0.25) is 10.7 Å². The van der Waals surface area contributed by atoms with Gasteiger partial charge in [-0.2, -0.15) is 0 Å². The third-order valence-electron chi connectivity index (χ3n) is 4.90. The van der Waals surface area contributed by atoms with Gasteiger partial charge in [-0.15, -0.1) is 0 Å². The largest absolute Gasteiger partial charge is 0.350 e. The normalized spacial score (nSPS) is 34.0. The lowest BCUT2D eigenvalue weighted by Gasteiger charge is -2.46. The lowest BCUT2D eigenvalue weighted by molar-refractivity contribution is 0.181. The lowest BCUT2D eigenvalue weighted by atomic mass is 9.78. The van der Waals surface area contributed by atoms with Crippen LogP contribution in [0.3, 0.4) is 0 Å². The maximum atomic E-state index is 6.67. The van der Waals surface area contributed by atoms with Crippen molar-refractivity contribution in [2.75, 3.05) is 18.9 Å². The van der Waals surface area contributed by atoms with Gasteiger partial charge in [0, 0.05) is 24.2 Å². The number of nitrogens with two attached hydrogens (primary N) is 2. The van der Waals surface area contributed by atoms with Crippen molar-refractivity contribution in [1.29, 1.82) is 0 Å². The summed E-state index contributed by atoms with van der Waals surface area (Å²) in [6, 6.07) is 8.16. The highest BCUT2D eigenvalue weighted by atomic mass is 15.3. The summed E-state index contributed by atoms with van der Waals surface area (Å²) in [5.41, 5.74) is 14.6. The molecule has 1 aromatic carbocycles. The van der Waals surface area contributed by atoms with E-state index in [1.54, 1.807) is 7.05 Å². The third-order valence-corrected chi connectivity index (χ3v) is 4.90. The summed E-state index contributed by atoms with van der Waals surface area (Å²) < 4.78 is 0. The first-order valence-electron chi connectivity index (χ1n) is 7.78. The van der Waals surface area contributed by atoms with Crippen LogP contribution in [-0.2, 0) is 0 Å². The number of hydrogen-bond acceptors (Lipinski definition) is 4. The van der Waals surface area contributed by atoms with E-state index in [0.717, 1.165) is 49.3 Å². The Kier molecular flexibility index (Phi) is 3.87. The number of fused-ring (bicyclic) bond motifs is 1. The molecular formula is C16H25N5. The standard InChI is InChI=1S/C16H25N5/c1-19-15-13-4-2-3-5-14(13)20-16(18,21-15)12-8-6-11(10-17)7-9-12/h2-5,11-12,20H,6-10,17-18H2,1H3,(H,19,21). The number of nitrogens with one attached hydrogen (secondary N) is 2. The molecule has 114 valence electrons. The quantitative estimate of drug-likeness (QED) is 0.663. The molecule has 5 nitrogen and oxygen atoms in total. The van der Waals surface area contributed by atoms with Gasteiger partial charge in [0.2, 0.25) is 0 Å². The van der Waals surface area contributed by atoms with E-state index in [9.17, 15) is 0 Å². The Morgan fingerprint density at radius 3 is 2.57 bits per heavy atom. The zero-order valence-corrected chi connectivity index (χ0v) is 12.6. The first-order valence-corrected chi connectivity index (χ1v) is 7.78. The summed E-state index contributed by atoms with van der Waals surface area (Å²) in [6.07, 6.45) is 4.50. The van der Waals surface area contributed by atoms with Crippen molar-refractivity contribution >= 4 is 11.5 Å². The number of benzene rings is 1. The van der Waals surface area contributed by atoms with Crippen molar-refractivity contribution in [3.05, 3.63) is 29.8 Å². The number of rotatable bonds is 2. The first kappa shape index (κ1) is 14.4. The molecule has 1 unspecified atom stereocenters. The average molecular weight is 287 g/mol. The van der Waals surface area contributed by atoms with Gasteiger partial charge in [-0.25, -0.2) is 0 Å². The fraction of sp³-hybridized carbons (Fsp3) is 0.562. The number of para-hydroxylation sites is 1. The minimum Gasteiger partial charge on any atom is -0.350 e. The van der Waals surface area contributed by atoms with E-state index in [2.05, 4.69) is 27.8 Å². The van der Waals surface area contributed by atoms with Gasteiger partial charge in [0.05, 0.1) is 0 Å². The summed E-state index contributed by atoms with van der Waals surface area (Å²) in [4.78, 5) is 4.38. The molecule has 3 rings (SSSR count). The van der Waals surface area contributed by atoms with E-state index in [1.807, 2.05) is 12.1 Å². The van der Waals surface area contributed by atoms with Gasteiger partial charge in [0.25, 0.3) is 0 Å². The van der Waals surface area contributed by atoms with E-state index in [4.69, 9.17) is 11.5 Å². The Labute approximate surface area is 126 Å². The van der Waals surface area contributed by atoms with Crippen LogP contribution >= 0.6 is 0 Å². The highest BCUT2D eigenvalue weighted by Gasteiger charge is 2.41. The zero-order chi connectivity index (χ0) is 14.9. The van der Waals surface area contributed by atoms with E-state index in [-0.39, 0.29) is 0 Å². The smallest absolute Gasteiger partial charge is 0.165 e. The molecule has 0 radical (unpaired) electrons. The molecular weight excluding hydrogens is 262 g/mol. The summed E-state index contributed by atoms with van der Waals surface area (Å²) >= 11 is 0. The molecule has 1 atom stereocenters. The van der Waals surface area contributed by atoms with Crippen molar-refractivity contribution in [2.45, 2.75) is 31.5 Å². The molecule has 1 aromatic rings. The van der Waals surface area contributed by atoms with Crippen LogP contribution in [0.4, 0.5) is 5.69 Å².